The second kappa shape index (κ2) is 2.78. The van der Waals surface area contributed by atoms with Crippen LogP contribution in [0.15, 0.2) is 6.07 Å². The highest BCUT2D eigenvalue weighted by Crippen LogP contribution is 2.09. The van der Waals surface area contributed by atoms with Crippen LogP contribution >= 0.6 is 11.6 Å². The molecule has 9 heavy (non-hydrogen) atoms. The average molecular weight is 142 g/mol. The van der Waals surface area contributed by atoms with Crippen molar-refractivity contribution in [1.82, 2.24) is 10.2 Å². The van der Waals surface area contributed by atoms with Crippen LogP contribution in [-0.4, -0.2) is 10.2 Å². The van der Waals surface area contributed by atoms with Crippen LogP contribution in [-0.2, 0) is 6.42 Å². The Morgan fingerprint density at radius 3 is 3.00 bits per heavy atom. The SMILES string of the molecule is CCc1c[c]nnc1Cl. The van der Waals surface area contributed by atoms with E-state index in [1.54, 1.807) is 6.07 Å². The van der Waals surface area contributed by atoms with Gasteiger partial charge in [-0.25, -0.2) is 0 Å². The molecule has 3 heteroatoms. The normalized spacial score (nSPS) is 9.56. The fourth-order valence-corrected chi connectivity index (χ4v) is 0.777. The zero-order chi connectivity index (χ0) is 6.69. The summed E-state index contributed by atoms with van der Waals surface area (Å²) in [5.74, 6) is 0. The predicted molar refractivity (Wildman–Crippen MR) is 35.3 cm³/mol. The van der Waals surface area contributed by atoms with Crippen molar-refractivity contribution in [3.63, 3.8) is 0 Å². The molecular weight excluding hydrogens is 136 g/mol. The second-order valence-electron chi connectivity index (χ2n) is 1.64. The number of hydrogen-bond acceptors (Lipinski definition) is 2. The van der Waals surface area contributed by atoms with Crippen molar-refractivity contribution in [2.45, 2.75) is 13.3 Å². The Hall–Kier alpha value is -0.630. The molecule has 1 radical (unpaired) electrons. The molecule has 0 N–H and O–H groups in total. The van der Waals surface area contributed by atoms with E-state index in [-0.39, 0.29) is 0 Å². The molecule has 0 spiro atoms. The standard InChI is InChI=1S/C6H6ClN2/c1-2-5-3-4-8-9-6(5)7/h3H,2H2,1H3. The molecule has 47 valence electrons. The zero-order valence-corrected chi connectivity index (χ0v) is 5.81. The van der Waals surface area contributed by atoms with Gasteiger partial charge in [-0.3, -0.25) is 0 Å². The van der Waals surface area contributed by atoms with E-state index in [9.17, 15) is 0 Å². The number of nitrogens with zero attached hydrogens (tertiary/aromatic N) is 2. The molecule has 0 saturated heterocycles. The van der Waals surface area contributed by atoms with Crippen molar-refractivity contribution in [3.8, 4) is 0 Å². The lowest BCUT2D eigenvalue weighted by molar-refractivity contribution is 0.977. The van der Waals surface area contributed by atoms with Crippen LogP contribution in [0.3, 0.4) is 0 Å². The summed E-state index contributed by atoms with van der Waals surface area (Å²) in [5, 5.41) is 7.58. The maximum absolute atomic E-state index is 5.63. The van der Waals surface area contributed by atoms with Crippen LogP contribution in [0.25, 0.3) is 0 Å². The third-order valence-corrected chi connectivity index (χ3v) is 1.40. The van der Waals surface area contributed by atoms with Crippen LogP contribution in [0.4, 0.5) is 0 Å². The van der Waals surface area contributed by atoms with Gasteiger partial charge in [0.05, 0.1) is 0 Å². The van der Waals surface area contributed by atoms with E-state index >= 15 is 0 Å². The van der Waals surface area contributed by atoms with E-state index in [1.165, 1.54) is 0 Å². The Morgan fingerprint density at radius 1 is 1.78 bits per heavy atom. The molecular formula is C6H6ClN2. The molecule has 0 aromatic carbocycles. The molecule has 0 saturated carbocycles. The first-order chi connectivity index (χ1) is 4.34. The maximum atomic E-state index is 5.63. The van der Waals surface area contributed by atoms with Gasteiger partial charge in [0.25, 0.3) is 0 Å². The number of rotatable bonds is 1. The van der Waals surface area contributed by atoms with Gasteiger partial charge in [-0.1, -0.05) is 18.5 Å². The summed E-state index contributed by atoms with van der Waals surface area (Å²) in [6.45, 7) is 2.01. The molecule has 0 bridgehead atoms. The van der Waals surface area contributed by atoms with E-state index in [0.29, 0.717) is 5.15 Å². The van der Waals surface area contributed by atoms with Crippen LogP contribution in [0.5, 0.6) is 0 Å². The fraction of sp³-hybridized carbons (Fsp3) is 0.333. The van der Waals surface area contributed by atoms with Gasteiger partial charge in [0.15, 0.2) is 5.15 Å². The van der Waals surface area contributed by atoms with Gasteiger partial charge in [0.1, 0.15) is 6.20 Å². The maximum Gasteiger partial charge on any atom is 0.154 e. The molecule has 1 aromatic heterocycles. The first-order valence-electron chi connectivity index (χ1n) is 2.72. The Morgan fingerprint density at radius 2 is 2.56 bits per heavy atom. The van der Waals surface area contributed by atoms with Crippen molar-refractivity contribution in [3.05, 3.63) is 23.0 Å². The molecule has 0 aliphatic rings. The Labute approximate surface area is 58.9 Å². The van der Waals surface area contributed by atoms with E-state index in [0.717, 1.165) is 12.0 Å². The van der Waals surface area contributed by atoms with Crippen molar-refractivity contribution < 1.29 is 0 Å². The summed E-state index contributed by atoms with van der Waals surface area (Å²) in [5.41, 5.74) is 0.992. The van der Waals surface area contributed by atoms with E-state index in [2.05, 4.69) is 16.4 Å². The van der Waals surface area contributed by atoms with Gasteiger partial charge in [-0.2, -0.15) is 0 Å². The number of halogens is 1. The third-order valence-electron chi connectivity index (χ3n) is 1.08. The summed E-state index contributed by atoms with van der Waals surface area (Å²) < 4.78 is 0. The lowest BCUT2D eigenvalue weighted by Gasteiger charge is -1.93. The smallest absolute Gasteiger partial charge is 0.147 e. The van der Waals surface area contributed by atoms with Gasteiger partial charge in [0.2, 0.25) is 0 Å². The summed E-state index contributed by atoms with van der Waals surface area (Å²) in [6.07, 6.45) is 3.49. The van der Waals surface area contributed by atoms with Gasteiger partial charge in [-0.15, -0.1) is 10.2 Å². The molecule has 2 nitrogen and oxygen atoms in total. The number of aromatic nitrogens is 2. The number of hydrogen-bond donors (Lipinski definition) is 0. The average Bonchev–Trinajstić information content (AvgIpc) is 1.89. The van der Waals surface area contributed by atoms with E-state index < -0.39 is 0 Å². The number of aryl methyl sites for hydroxylation is 1. The molecule has 0 fully saturated rings. The molecule has 0 amide bonds. The van der Waals surface area contributed by atoms with Crippen LogP contribution in [0, 0.1) is 6.20 Å². The van der Waals surface area contributed by atoms with Gasteiger partial charge >= 0.3 is 0 Å². The molecule has 1 aromatic rings. The van der Waals surface area contributed by atoms with Gasteiger partial charge in [-0.05, 0) is 18.1 Å². The lowest BCUT2D eigenvalue weighted by atomic mass is 10.2. The monoisotopic (exact) mass is 141 g/mol. The third kappa shape index (κ3) is 1.39. The molecule has 0 aliphatic heterocycles. The van der Waals surface area contributed by atoms with Crippen LogP contribution in [0.1, 0.15) is 12.5 Å². The van der Waals surface area contributed by atoms with E-state index in [1.807, 2.05) is 6.92 Å². The van der Waals surface area contributed by atoms with Crippen molar-refractivity contribution in [2.75, 3.05) is 0 Å². The molecule has 0 aliphatic carbocycles. The minimum absolute atomic E-state index is 0.483. The minimum Gasteiger partial charge on any atom is -0.147 e. The fourth-order valence-electron chi connectivity index (χ4n) is 0.551. The first kappa shape index (κ1) is 6.49. The summed E-state index contributed by atoms with van der Waals surface area (Å²) in [4.78, 5) is 0. The summed E-state index contributed by atoms with van der Waals surface area (Å²) >= 11 is 5.63. The summed E-state index contributed by atoms with van der Waals surface area (Å²) in [7, 11) is 0. The minimum atomic E-state index is 0.483. The molecule has 0 atom stereocenters. The highest BCUT2D eigenvalue weighted by Gasteiger charge is 1.95. The van der Waals surface area contributed by atoms with Crippen LogP contribution in [0.2, 0.25) is 5.15 Å². The quantitative estimate of drug-likeness (QED) is 0.592. The molecule has 0 unspecified atom stereocenters. The van der Waals surface area contributed by atoms with E-state index in [4.69, 9.17) is 11.6 Å². The highest BCUT2D eigenvalue weighted by molar-refractivity contribution is 6.30. The molecule has 1 heterocycles. The Balaban J connectivity index is 3.01. The highest BCUT2D eigenvalue weighted by atomic mass is 35.5. The Bertz CT molecular complexity index is 200. The van der Waals surface area contributed by atoms with Crippen molar-refractivity contribution in [2.24, 2.45) is 0 Å². The van der Waals surface area contributed by atoms with Crippen molar-refractivity contribution >= 4 is 11.6 Å². The van der Waals surface area contributed by atoms with Crippen molar-refractivity contribution in [1.29, 1.82) is 0 Å². The van der Waals surface area contributed by atoms with Crippen LogP contribution < -0.4 is 0 Å². The largest absolute Gasteiger partial charge is 0.154 e. The van der Waals surface area contributed by atoms with Gasteiger partial charge in [0, 0.05) is 0 Å². The predicted octanol–water partition coefficient (Wildman–Crippen LogP) is 1.49. The van der Waals surface area contributed by atoms with Gasteiger partial charge < -0.3 is 0 Å². The molecule has 1 rings (SSSR count). The first-order valence-corrected chi connectivity index (χ1v) is 3.10. The zero-order valence-electron chi connectivity index (χ0n) is 5.06. The summed E-state index contributed by atoms with van der Waals surface area (Å²) in [6, 6.07) is 1.75. The lowest BCUT2D eigenvalue weighted by Crippen LogP contribution is -1.87. The topological polar surface area (TPSA) is 25.8 Å². The Kier molecular flexibility index (Phi) is 2.01. The second-order valence-corrected chi connectivity index (χ2v) is 2.00.